The number of alkyl halides is 1. The smallest absolute Gasteiger partial charge is 0.282 e. The Morgan fingerprint density at radius 3 is 2.58 bits per heavy atom. The molecule has 1 aliphatic carbocycles. The van der Waals surface area contributed by atoms with Crippen LogP contribution in [-0.2, 0) is 10.1 Å². The fraction of sp³-hybridized carbons (Fsp3) is 0.333. The molecule has 1 rings (SSSR count). The monoisotopic (exact) mass is 412 g/mol. The zero-order valence-corrected chi connectivity index (χ0v) is 11.0. The van der Waals surface area contributed by atoms with Crippen LogP contribution in [0.2, 0.25) is 0 Å². The van der Waals surface area contributed by atoms with Crippen molar-refractivity contribution in [3.8, 4) is 0 Å². The number of allylic oxidation sites excluding steroid dienone is 4. The number of rotatable bonds is 1. The highest BCUT2D eigenvalue weighted by molar-refractivity contribution is 14.1. The summed E-state index contributed by atoms with van der Waals surface area (Å²) in [5, 5.41) is 0. The van der Waals surface area contributed by atoms with Crippen LogP contribution in [0.15, 0.2) is 20.6 Å². The van der Waals surface area contributed by atoms with Crippen LogP contribution in [0.4, 0.5) is 0 Å². The first-order valence-corrected chi connectivity index (χ1v) is 6.86. The second-order valence-corrected chi connectivity index (χ2v) is 6.48. The van der Waals surface area contributed by atoms with E-state index in [1.165, 1.54) is 6.08 Å². The summed E-state index contributed by atoms with van der Waals surface area (Å²) in [7, 11) is -4.00. The molecule has 0 spiro atoms. The molecule has 1 aliphatic rings. The van der Waals surface area contributed by atoms with Crippen molar-refractivity contribution < 1.29 is 13.0 Å². The predicted octanol–water partition coefficient (Wildman–Crippen LogP) is 2.28. The fourth-order valence-electron chi connectivity index (χ4n) is 0.854. The molecule has 0 saturated carbocycles. The van der Waals surface area contributed by atoms with E-state index in [4.69, 9.17) is 4.55 Å². The average Bonchev–Trinajstić information content (AvgIpc) is 1.92. The molecule has 1 atom stereocenters. The largest absolute Gasteiger partial charge is 0.291 e. The van der Waals surface area contributed by atoms with Gasteiger partial charge in [-0.15, -0.1) is 0 Å². The Kier molecular flexibility index (Phi) is 3.58. The van der Waals surface area contributed by atoms with Gasteiger partial charge in [-0.3, -0.25) is 4.55 Å². The van der Waals surface area contributed by atoms with Crippen molar-refractivity contribution in [1.82, 2.24) is 0 Å². The third-order valence-electron chi connectivity index (χ3n) is 1.41. The SMILES string of the molecule is O=S(=O)(O)C1=CC(I)=CCC1I. The third-order valence-corrected chi connectivity index (χ3v) is 4.76. The molecule has 12 heavy (non-hydrogen) atoms. The molecule has 0 aromatic carbocycles. The van der Waals surface area contributed by atoms with Gasteiger partial charge in [0.25, 0.3) is 10.1 Å². The van der Waals surface area contributed by atoms with Crippen LogP contribution in [0.25, 0.3) is 0 Å². The zero-order valence-electron chi connectivity index (χ0n) is 5.87. The van der Waals surface area contributed by atoms with E-state index in [1.54, 1.807) is 0 Å². The van der Waals surface area contributed by atoms with Crippen LogP contribution in [0, 0.1) is 0 Å². The van der Waals surface area contributed by atoms with Crippen molar-refractivity contribution in [2.24, 2.45) is 0 Å². The summed E-state index contributed by atoms with van der Waals surface area (Å²) in [5.41, 5.74) is 0. The van der Waals surface area contributed by atoms with Gasteiger partial charge in [-0.25, -0.2) is 0 Å². The molecular formula is C6H6I2O3S. The van der Waals surface area contributed by atoms with Crippen molar-refractivity contribution in [3.63, 3.8) is 0 Å². The van der Waals surface area contributed by atoms with E-state index in [0.717, 1.165) is 3.58 Å². The number of hydrogen-bond donors (Lipinski definition) is 1. The Hall–Kier alpha value is 0.850. The second-order valence-electron chi connectivity index (χ2n) is 2.31. The summed E-state index contributed by atoms with van der Waals surface area (Å²) >= 11 is 4.03. The first-order chi connectivity index (χ1) is 5.41. The topological polar surface area (TPSA) is 54.4 Å². The Labute approximate surface area is 98.3 Å². The summed E-state index contributed by atoms with van der Waals surface area (Å²) in [6.07, 6.45) is 4.09. The minimum Gasteiger partial charge on any atom is -0.282 e. The molecule has 0 bridgehead atoms. The molecule has 0 aromatic heterocycles. The summed E-state index contributed by atoms with van der Waals surface area (Å²) < 4.78 is 31.1. The van der Waals surface area contributed by atoms with Gasteiger partial charge in [0.1, 0.15) is 0 Å². The van der Waals surface area contributed by atoms with Crippen molar-refractivity contribution in [3.05, 3.63) is 20.6 Å². The maximum Gasteiger partial charge on any atom is 0.291 e. The lowest BCUT2D eigenvalue weighted by molar-refractivity contribution is 0.489. The van der Waals surface area contributed by atoms with Gasteiger partial charge in [0.2, 0.25) is 0 Å². The van der Waals surface area contributed by atoms with Gasteiger partial charge in [0.05, 0.1) is 8.83 Å². The molecule has 0 saturated heterocycles. The van der Waals surface area contributed by atoms with Crippen LogP contribution in [0.3, 0.4) is 0 Å². The Morgan fingerprint density at radius 1 is 1.58 bits per heavy atom. The summed E-state index contributed by atoms with van der Waals surface area (Å²) in [6, 6.07) is 0. The van der Waals surface area contributed by atoms with Gasteiger partial charge >= 0.3 is 0 Å². The zero-order chi connectivity index (χ0) is 9.35. The van der Waals surface area contributed by atoms with E-state index in [0.29, 0.717) is 6.42 Å². The molecule has 0 radical (unpaired) electrons. The fourth-order valence-corrected chi connectivity index (χ4v) is 3.75. The van der Waals surface area contributed by atoms with Crippen molar-refractivity contribution in [2.75, 3.05) is 0 Å². The number of hydrogen-bond acceptors (Lipinski definition) is 2. The molecule has 1 unspecified atom stereocenters. The van der Waals surface area contributed by atoms with Crippen molar-refractivity contribution in [2.45, 2.75) is 10.3 Å². The normalized spacial score (nSPS) is 24.8. The van der Waals surface area contributed by atoms with Gasteiger partial charge in [-0.1, -0.05) is 28.7 Å². The molecule has 0 aliphatic heterocycles. The van der Waals surface area contributed by atoms with Gasteiger partial charge in [0, 0.05) is 3.58 Å². The van der Waals surface area contributed by atoms with Crippen LogP contribution in [0.1, 0.15) is 6.42 Å². The first kappa shape index (κ1) is 10.9. The molecule has 68 valence electrons. The Bertz CT molecular complexity index is 342. The van der Waals surface area contributed by atoms with E-state index in [1.807, 2.05) is 51.3 Å². The Morgan fingerprint density at radius 2 is 2.17 bits per heavy atom. The minimum absolute atomic E-state index is 0.106. The molecule has 0 fully saturated rings. The molecular weight excluding hydrogens is 406 g/mol. The minimum atomic E-state index is -4.00. The lowest BCUT2D eigenvalue weighted by atomic mass is 10.2. The maximum absolute atomic E-state index is 10.8. The summed E-state index contributed by atoms with van der Waals surface area (Å²) in [5.74, 6) is 0. The van der Waals surface area contributed by atoms with E-state index in [9.17, 15) is 8.42 Å². The van der Waals surface area contributed by atoms with Gasteiger partial charge in [-0.2, -0.15) is 8.42 Å². The first-order valence-electron chi connectivity index (χ1n) is 3.10. The molecule has 0 aromatic rings. The van der Waals surface area contributed by atoms with Crippen LogP contribution in [0.5, 0.6) is 0 Å². The van der Waals surface area contributed by atoms with Gasteiger partial charge in [-0.05, 0) is 35.1 Å². The molecule has 3 nitrogen and oxygen atoms in total. The molecule has 0 heterocycles. The summed E-state index contributed by atoms with van der Waals surface area (Å²) in [4.78, 5) is 0.106. The molecule has 0 amide bonds. The quantitative estimate of drug-likeness (QED) is 0.409. The van der Waals surface area contributed by atoms with Crippen LogP contribution >= 0.6 is 45.2 Å². The van der Waals surface area contributed by atoms with Gasteiger partial charge < -0.3 is 0 Å². The third kappa shape index (κ3) is 2.67. The van der Waals surface area contributed by atoms with E-state index in [-0.39, 0.29) is 8.83 Å². The maximum atomic E-state index is 10.8. The lowest BCUT2D eigenvalue weighted by Crippen LogP contribution is -2.14. The van der Waals surface area contributed by atoms with E-state index < -0.39 is 10.1 Å². The highest BCUT2D eigenvalue weighted by atomic mass is 127. The van der Waals surface area contributed by atoms with Gasteiger partial charge in [0.15, 0.2) is 0 Å². The highest BCUT2D eigenvalue weighted by Gasteiger charge is 2.24. The lowest BCUT2D eigenvalue weighted by Gasteiger charge is -2.13. The van der Waals surface area contributed by atoms with Crippen molar-refractivity contribution in [1.29, 1.82) is 0 Å². The predicted molar refractivity (Wildman–Crippen MR) is 64.2 cm³/mol. The van der Waals surface area contributed by atoms with Crippen LogP contribution in [-0.4, -0.2) is 16.9 Å². The van der Waals surface area contributed by atoms with E-state index >= 15 is 0 Å². The van der Waals surface area contributed by atoms with Crippen LogP contribution < -0.4 is 0 Å². The highest BCUT2D eigenvalue weighted by Crippen LogP contribution is 2.30. The molecule has 6 heteroatoms. The Balaban J connectivity index is 3.11. The van der Waals surface area contributed by atoms with Crippen molar-refractivity contribution >= 4 is 55.3 Å². The van der Waals surface area contributed by atoms with E-state index in [2.05, 4.69) is 0 Å². The number of halogens is 2. The standard InChI is InChI=1S/C6H6I2O3S/c7-4-1-2-5(8)6(3-4)12(9,10)11/h1,3,5H,2H2,(H,9,10,11). The average molecular weight is 412 g/mol. The molecule has 1 N–H and O–H groups in total. The summed E-state index contributed by atoms with van der Waals surface area (Å²) in [6.45, 7) is 0. The second kappa shape index (κ2) is 3.93.